The van der Waals surface area contributed by atoms with E-state index in [2.05, 4.69) is 10.5 Å². The van der Waals surface area contributed by atoms with E-state index in [-0.39, 0.29) is 5.56 Å². The van der Waals surface area contributed by atoms with Gasteiger partial charge in [0.2, 0.25) is 0 Å². The van der Waals surface area contributed by atoms with Gasteiger partial charge in [0.15, 0.2) is 0 Å². The van der Waals surface area contributed by atoms with Crippen molar-refractivity contribution in [2.45, 2.75) is 25.7 Å². The Hall–Kier alpha value is -1.93. The molecule has 114 valence electrons. The van der Waals surface area contributed by atoms with E-state index in [1.807, 2.05) is 6.92 Å². The molecule has 0 saturated heterocycles. The van der Waals surface area contributed by atoms with Crippen LogP contribution in [0.3, 0.4) is 0 Å². The second-order valence-electron chi connectivity index (χ2n) is 4.41. The van der Waals surface area contributed by atoms with Gasteiger partial charge in [0.05, 0.1) is 17.3 Å². The van der Waals surface area contributed by atoms with Gasteiger partial charge in [-0.25, -0.2) is 9.82 Å². The van der Waals surface area contributed by atoms with Crippen LogP contribution in [0.25, 0.3) is 0 Å². The number of alkyl halides is 3. The summed E-state index contributed by atoms with van der Waals surface area (Å²) in [5.41, 5.74) is 1.72. The molecule has 0 spiro atoms. The van der Waals surface area contributed by atoms with Gasteiger partial charge in [-0.1, -0.05) is 0 Å². The maximum atomic E-state index is 13.9. The molecule has 0 fully saturated rings. The summed E-state index contributed by atoms with van der Waals surface area (Å²) < 4.78 is 53.8. The molecule has 0 amide bonds. The second kappa shape index (κ2) is 5.82. The lowest BCUT2D eigenvalue weighted by Crippen LogP contribution is -2.31. The summed E-state index contributed by atoms with van der Waals surface area (Å²) in [6, 6.07) is 2.90. The van der Waals surface area contributed by atoms with Crippen LogP contribution < -0.4 is 11.3 Å². The zero-order valence-corrected chi connectivity index (χ0v) is 11.2. The van der Waals surface area contributed by atoms with Crippen LogP contribution in [-0.4, -0.2) is 9.78 Å². The largest absolute Gasteiger partial charge is 0.416 e. The summed E-state index contributed by atoms with van der Waals surface area (Å²) in [7, 11) is 0. The minimum atomic E-state index is -4.55. The van der Waals surface area contributed by atoms with E-state index in [0.29, 0.717) is 18.3 Å². The lowest BCUT2D eigenvalue weighted by Gasteiger charge is -2.19. The quantitative estimate of drug-likeness (QED) is 0.518. The van der Waals surface area contributed by atoms with Crippen LogP contribution in [0.1, 0.15) is 29.8 Å². The summed E-state index contributed by atoms with van der Waals surface area (Å²) in [5, 5.41) is 4.01. The summed E-state index contributed by atoms with van der Waals surface area (Å²) in [4.78, 5) is 0. The van der Waals surface area contributed by atoms with Crippen molar-refractivity contribution in [1.82, 2.24) is 15.2 Å². The number of hydrazine groups is 1. The van der Waals surface area contributed by atoms with Crippen molar-refractivity contribution in [1.29, 1.82) is 0 Å². The molecule has 0 saturated carbocycles. The number of benzene rings is 1. The second-order valence-corrected chi connectivity index (χ2v) is 4.41. The van der Waals surface area contributed by atoms with Crippen LogP contribution in [0.4, 0.5) is 17.6 Å². The number of nitrogens with zero attached hydrogens (tertiary/aromatic N) is 2. The molecule has 1 unspecified atom stereocenters. The lowest BCUT2D eigenvalue weighted by molar-refractivity contribution is -0.137. The Morgan fingerprint density at radius 3 is 2.62 bits per heavy atom. The van der Waals surface area contributed by atoms with Crippen LogP contribution in [0.2, 0.25) is 0 Å². The molecule has 8 heteroatoms. The SMILES string of the molecule is CCn1nccc1C(NN)c1cc(C(F)(F)F)ccc1F. The maximum absolute atomic E-state index is 13.9. The average Bonchev–Trinajstić information content (AvgIpc) is 2.88. The Labute approximate surface area is 118 Å². The lowest BCUT2D eigenvalue weighted by atomic mass is 10.0. The van der Waals surface area contributed by atoms with E-state index in [1.165, 1.54) is 10.9 Å². The van der Waals surface area contributed by atoms with Gasteiger partial charge in [0.25, 0.3) is 0 Å². The molecule has 1 aromatic heterocycles. The van der Waals surface area contributed by atoms with Gasteiger partial charge >= 0.3 is 6.18 Å². The van der Waals surface area contributed by atoms with E-state index < -0.39 is 23.6 Å². The number of hydrogen-bond donors (Lipinski definition) is 2. The van der Waals surface area contributed by atoms with Gasteiger partial charge in [0.1, 0.15) is 5.82 Å². The van der Waals surface area contributed by atoms with Crippen molar-refractivity contribution in [2.75, 3.05) is 0 Å². The van der Waals surface area contributed by atoms with Gasteiger partial charge < -0.3 is 0 Å². The third-order valence-corrected chi connectivity index (χ3v) is 3.15. The monoisotopic (exact) mass is 302 g/mol. The van der Waals surface area contributed by atoms with E-state index in [0.717, 1.165) is 12.1 Å². The number of hydrogen-bond acceptors (Lipinski definition) is 3. The molecule has 1 aromatic carbocycles. The van der Waals surface area contributed by atoms with Gasteiger partial charge in [-0.05, 0) is 31.2 Å². The fourth-order valence-corrected chi connectivity index (χ4v) is 2.13. The highest BCUT2D eigenvalue weighted by Crippen LogP contribution is 2.33. The van der Waals surface area contributed by atoms with E-state index in [9.17, 15) is 17.6 Å². The van der Waals surface area contributed by atoms with Crippen molar-refractivity contribution in [2.24, 2.45) is 5.84 Å². The highest BCUT2D eigenvalue weighted by atomic mass is 19.4. The number of nitrogens with two attached hydrogens (primary N) is 1. The number of aromatic nitrogens is 2. The molecule has 0 radical (unpaired) electrons. The molecule has 1 atom stereocenters. The van der Waals surface area contributed by atoms with Crippen molar-refractivity contribution >= 4 is 0 Å². The molecule has 2 rings (SSSR count). The van der Waals surface area contributed by atoms with E-state index >= 15 is 0 Å². The minimum Gasteiger partial charge on any atom is -0.271 e. The van der Waals surface area contributed by atoms with Crippen LogP contribution in [0.5, 0.6) is 0 Å². The first-order valence-electron chi connectivity index (χ1n) is 6.23. The zero-order valence-electron chi connectivity index (χ0n) is 11.2. The third-order valence-electron chi connectivity index (χ3n) is 3.15. The first kappa shape index (κ1) is 15.5. The molecule has 3 N–H and O–H groups in total. The van der Waals surface area contributed by atoms with Crippen molar-refractivity contribution in [3.05, 3.63) is 53.1 Å². The number of nitrogens with one attached hydrogen (secondary N) is 1. The highest BCUT2D eigenvalue weighted by molar-refractivity contribution is 5.34. The predicted octanol–water partition coefficient (Wildman–Crippen LogP) is 2.61. The van der Waals surface area contributed by atoms with Crippen LogP contribution >= 0.6 is 0 Å². The number of halogens is 4. The van der Waals surface area contributed by atoms with Crippen molar-refractivity contribution in [3.63, 3.8) is 0 Å². The van der Waals surface area contributed by atoms with Gasteiger partial charge in [0, 0.05) is 18.3 Å². The Bertz CT molecular complexity index is 621. The fourth-order valence-electron chi connectivity index (χ4n) is 2.13. The standard InChI is InChI=1S/C13H14F4N4/c1-2-21-11(5-6-19-21)12(20-18)9-7-8(13(15,16)17)3-4-10(9)14/h3-7,12,20H,2,18H2,1H3. The smallest absolute Gasteiger partial charge is 0.271 e. The third kappa shape index (κ3) is 3.06. The van der Waals surface area contributed by atoms with Crippen LogP contribution in [0.15, 0.2) is 30.5 Å². The minimum absolute atomic E-state index is 0.178. The Morgan fingerprint density at radius 1 is 1.33 bits per heavy atom. The molecule has 0 aliphatic rings. The van der Waals surface area contributed by atoms with Crippen molar-refractivity contribution in [3.8, 4) is 0 Å². The topological polar surface area (TPSA) is 55.9 Å². The Balaban J connectivity index is 2.52. The fraction of sp³-hybridized carbons (Fsp3) is 0.308. The molecular weight excluding hydrogens is 288 g/mol. The molecular formula is C13H14F4N4. The summed E-state index contributed by atoms with van der Waals surface area (Å²) in [6.45, 7) is 2.30. The van der Waals surface area contributed by atoms with E-state index in [4.69, 9.17) is 5.84 Å². The molecule has 0 aliphatic heterocycles. The Kier molecular flexibility index (Phi) is 4.29. The first-order chi connectivity index (χ1) is 9.88. The molecule has 4 nitrogen and oxygen atoms in total. The van der Waals surface area contributed by atoms with E-state index in [1.54, 1.807) is 6.07 Å². The van der Waals surface area contributed by atoms with Gasteiger partial charge in [-0.3, -0.25) is 10.5 Å². The molecule has 1 heterocycles. The van der Waals surface area contributed by atoms with Gasteiger partial charge in [-0.15, -0.1) is 0 Å². The predicted molar refractivity (Wildman–Crippen MR) is 68.5 cm³/mol. The molecule has 0 bridgehead atoms. The maximum Gasteiger partial charge on any atom is 0.416 e. The van der Waals surface area contributed by atoms with Gasteiger partial charge in [-0.2, -0.15) is 18.3 Å². The number of rotatable bonds is 4. The summed E-state index contributed by atoms with van der Waals surface area (Å²) >= 11 is 0. The van der Waals surface area contributed by atoms with Crippen LogP contribution in [0, 0.1) is 5.82 Å². The normalized spacial score (nSPS) is 13.4. The molecule has 2 aromatic rings. The average molecular weight is 302 g/mol. The first-order valence-corrected chi connectivity index (χ1v) is 6.23. The zero-order chi connectivity index (χ0) is 15.6. The van der Waals surface area contributed by atoms with Crippen LogP contribution in [-0.2, 0) is 12.7 Å². The highest BCUT2D eigenvalue weighted by Gasteiger charge is 2.32. The van der Waals surface area contributed by atoms with Crippen molar-refractivity contribution < 1.29 is 17.6 Å². The molecule has 21 heavy (non-hydrogen) atoms. The summed E-state index contributed by atoms with van der Waals surface area (Å²) in [6.07, 6.45) is -3.07. The molecule has 0 aliphatic carbocycles. The summed E-state index contributed by atoms with van der Waals surface area (Å²) in [5.74, 6) is 4.64. The Morgan fingerprint density at radius 2 is 2.05 bits per heavy atom. The number of aryl methyl sites for hydroxylation is 1.